The van der Waals surface area contributed by atoms with Crippen LogP contribution in [0.15, 0.2) is 18.2 Å². The molecule has 1 fully saturated rings. The first kappa shape index (κ1) is 9.93. The summed E-state index contributed by atoms with van der Waals surface area (Å²) in [6.07, 6.45) is 1.92. The zero-order valence-electron chi connectivity index (χ0n) is 9.02. The molecule has 2 aliphatic rings. The highest BCUT2D eigenvalue weighted by Crippen LogP contribution is 2.36. The highest BCUT2D eigenvalue weighted by atomic mass is 16.7. The van der Waals surface area contributed by atoms with Crippen LogP contribution in [0.5, 0.6) is 11.5 Å². The van der Waals surface area contributed by atoms with Crippen LogP contribution in [0.4, 0.5) is 0 Å². The van der Waals surface area contributed by atoms with Crippen LogP contribution in [0.25, 0.3) is 0 Å². The van der Waals surface area contributed by atoms with Crippen LogP contribution >= 0.6 is 0 Å². The third kappa shape index (κ3) is 1.74. The molecule has 0 radical (unpaired) electrons. The van der Waals surface area contributed by atoms with Gasteiger partial charge in [-0.3, -0.25) is 0 Å². The number of benzene rings is 1. The minimum Gasteiger partial charge on any atom is -0.454 e. The molecule has 2 atom stereocenters. The summed E-state index contributed by atoms with van der Waals surface area (Å²) >= 11 is 0. The molecule has 2 heterocycles. The van der Waals surface area contributed by atoms with Crippen molar-refractivity contribution in [2.24, 2.45) is 5.73 Å². The Hall–Kier alpha value is -1.26. The fourth-order valence-corrected chi connectivity index (χ4v) is 2.17. The second-order valence-electron chi connectivity index (χ2n) is 4.26. The third-order valence-corrected chi connectivity index (χ3v) is 3.09. The van der Waals surface area contributed by atoms with E-state index < -0.39 is 0 Å². The molecule has 0 aromatic heterocycles. The predicted octanol–water partition coefficient (Wildman–Crippen LogP) is 1.59. The summed E-state index contributed by atoms with van der Waals surface area (Å²) in [5.74, 6) is 1.61. The lowest BCUT2D eigenvalue weighted by Gasteiger charge is -2.27. The Morgan fingerprint density at radius 3 is 2.94 bits per heavy atom. The van der Waals surface area contributed by atoms with Gasteiger partial charge in [0.15, 0.2) is 11.5 Å². The molecule has 0 bridgehead atoms. The first-order valence-electron chi connectivity index (χ1n) is 5.59. The fraction of sp³-hybridized carbons (Fsp3) is 0.500. The van der Waals surface area contributed by atoms with Crippen LogP contribution in [-0.2, 0) is 4.74 Å². The van der Waals surface area contributed by atoms with E-state index in [0.29, 0.717) is 6.79 Å². The molecular weight excluding hydrogens is 206 g/mol. The smallest absolute Gasteiger partial charge is 0.231 e. The minimum absolute atomic E-state index is 0.0956. The Morgan fingerprint density at radius 2 is 2.06 bits per heavy atom. The predicted molar refractivity (Wildman–Crippen MR) is 58.5 cm³/mol. The normalized spacial score (nSPS) is 28.1. The Kier molecular flexibility index (Phi) is 2.46. The molecule has 2 N–H and O–H groups in total. The molecule has 16 heavy (non-hydrogen) atoms. The van der Waals surface area contributed by atoms with Crippen LogP contribution in [-0.4, -0.2) is 19.4 Å². The number of fused-ring (bicyclic) bond motifs is 1. The fourth-order valence-electron chi connectivity index (χ4n) is 2.17. The molecule has 0 aliphatic carbocycles. The maximum absolute atomic E-state index is 5.94. The lowest BCUT2D eigenvalue weighted by atomic mass is 9.98. The van der Waals surface area contributed by atoms with Gasteiger partial charge in [0, 0.05) is 12.6 Å². The summed E-state index contributed by atoms with van der Waals surface area (Å²) in [5.41, 5.74) is 7.06. The van der Waals surface area contributed by atoms with Crippen LogP contribution in [0, 0.1) is 0 Å². The summed E-state index contributed by atoms with van der Waals surface area (Å²) in [6, 6.07) is 6.19. The summed E-state index contributed by atoms with van der Waals surface area (Å²) in [6.45, 7) is 1.05. The largest absolute Gasteiger partial charge is 0.454 e. The van der Waals surface area contributed by atoms with E-state index in [1.807, 2.05) is 18.2 Å². The molecule has 4 nitrogen and oxygen atoms in total. The van der Waals surface area contributed by atoms with Crippen molar-refractivity contribution in [1.29, 1.82) is 0 Å². The quantitative estimate of drug-likeness (QED) is 0.782. The van der Waals surface area contributed by atoms with Gasteiger partial charge in [-0.1, -0.05) is 6.07 Å². The maximum atomic E-state index is 5.94. The van der Waals surface area contributed by atoms with Crippen molar-refractivity contribution in [2.75, 3.05) is 13.4 Å². The second kappa shape index (κ2) is 3.96. The molecule has 0 spiro atoms. The van der Waals surface area contributed by atoms with Gasteiger partial charge < -0.3 is 19.9 Å². The van der Waals surface area contributed by atoms with Crippen LogP contribution in [0.2, 0.25) is 0 Å². The molecule has 1 saturated heterocycles. The molecule has 0 unspecified atom stereocenters. The first-order chi connectivity index (χ1) is 7.83. The van der Waals surface area contributed by atoms with Gasteiger partial charge in [0.1, 0.15) is 0 Å². The average molecular weight is 221 g/mol. The van der Waals surface area contributed by atoms with E-state index >= 15 is 0 Å². The highest BCUT2D eigenvalue weighted by Gasteiger charge is 2.23. The molecule has 0 saturated carbocycles. The Labute approximate surface area is 94.3 Å². The number of ether oxygens (including phenoxy) is 3. The summed E-state index contributed by atoms with van der Waals surface area (Å²) in [4.78, 5) is 0. The molecular formula is C12H15NO3. The Morgan fingerprint density at radius 1 is 1.19 bits per heavy atom. The van der Waals surface area contributed by atoms with Crippen molar-refractivity contribution in [2.45, 2.75) is 25.0 Å². The van der Waals surface area contributed by atoms with Gasteiger partial charge in [-0.05, 0) is 30.5 Å². The summed E-state index contributed by atoms with van der Waals surface area (Å²) in [5, 5.41) is 0. The molecule has 86 valence electrons. The number of hydrogen-bond donors (Lipinski definition) is 1. The lowest BCUT2D eigenvalue weighted by molar-refractivity contribution is 0.00658. The number of rotatable bonds is 1. The van der Waals surface area contributed by atoms with Crippen molar-refractivity contribution < 1.29 is 14.2 Å². The van der Waals surface area contributed by atoms with Gasteiger partial charge >= 0.3 is 0 Å². The van der Waals surface area contributed by atoms with Crippen molar-refractivity contribution in [1.82, 2.24) is 0 Å². The van der Waals surface area contributed by atoms with Crippen molar-refractivity contribution in [3.8, 4) is 11.5 Å². The van der Waals surface area contributed by atoms with Crippen molar-refractivity contribution in [3.63, 3.8) is 0 Å². The second-order valence-corrected chi connectivity index (χ2v) is 4.26. The molecule has 1 aromatic carbocycles. The van der Waals surface area contributed by atoms with E-state index in [4.69, 9.17) is 19.9 Å². The van der Waals surface area contributed by atoms with Gasteiger partial charge in [-0.2, -0.15) is 0 Å². The lowest BCUT2D eigenvalue weighted by Crippen LogP contribution is -2.30. The van der Waals surface area contributed by atoms with E-state index in [9.17, 15) is 0 Å². The van der Waals surface area contributed by atoms with E-state index in [1.165, 1.54) is 0 Å². The van der Waals surface area contributed by atoms with Crippen molar-refractivity contribution >= 4 is 0 Å². The zero-order valence-corrected chi connectivity index (χ0v) is 9.02. The number of hydrogen-bond acceptors (Lipinski definition) is 4. The zero-order chi connectivity index (χ0) is 11.0. The molecule has 2 aliphatic heterocycles. The topological polar surface area (TPSA) is 53.7 Å². The standard InChI is InChI=1S/C12H15NO3/c13-9-3-4-14-11(6-9)8-1-2-10-12(5-8)16-7-15-10/h1-2,5,9,11H,3-4,6-7,13H2/t9-,11-/m1/s1. The van der Waals surface area contributed by atoms with Crippen LogP contribution in [0.3, 0.4) is 0 Å². The minimum atomic E-state index is 0.0956. The molecule has 4 heteroatoms. The van der Waals surface area contributed by atoms with E-state index in [1.54, 1.807) is 0 Å². The molecule has 1 aromatic rings. The van der Waals surface area contributed by atoms with Crippen molar-refractivity contribution in [3.05, 3.63) is 23.8 Å². The third-order valence-electron chi connectivity index (χ3n) is 3.09. The maximum Gasteiger partial charge on any atom is 0.231 e. The number of nitrogens with two attached hydrogens (primary N) is 1. The first-order valence-corrected chi connectivity index (χ1v) is 5.59. The van der Waals surface area contributed by atoms with E-state index in [2.05, 4.69) is 0 Å². The Bertz CT molecular complexity index is 394. The van der Waals surface area contributed by atoms with Crippen LogP contribution < -0.4 is 15.2 Å². The van der Waals surface area contributed by atoms with Gasteiger partial charge in [0.25, 0.3) is 0 Å². The Balaban J connectivity index is 1.83. The van der Waals surface area contributed by atoms with Gasteiger partial charge in [-0.25, -0.2) is 0 Å². The van der Waals surface area contributed by atoms with Crippen LogP contribution in [0.1, 0.15) is 24.5 Å². The monoisotopic (exact) mass is 221 g/mol. The SMILES string of the molecule is N[C@@H]1CCO[C@@H](c2ccc3c(c2)OCO3)C1. The van der Waals surface area contributed by atoms with E-state index in [0.717, 1.165) is 36.5 Å². The highest BCUT2D eigenvalue weighted by molar-refractivity contribution is 5.45. The average Bonchev–Trinajstić information content (AvgIpc) is 2.75. The van der Waals surface area contributed by atoms with E-state index in [-0.39, 0.29) is 12.1 Å². The van der Waals surface area contributed by atoms with Gasteiger partial charge in [0.2, 0.25) is 6.79 Å². The molecule has 0 amide bonds. The van der Waals surface area contributed by atoms with Gasteiger partial charge in [-0.15, -0.1) is 0 Å². The molecule has 3 rings (SSSR count). The van der Waals surface area contributed by atoms with Gasteiger partial charge in [0.05, 0.1) is 6.10 Å². The summed E-state index contributed by atoms with van der Waals surface area (Å²) in [7, 11) is 0. The summed E-state index contributed by atoms with van der Waals surface area (Å²) < 4.78 is 16.3.